The summed E-state index contributed by atoms with van der Waals surface area (Å²) >= 11 is 0. The van der Waals surface area contributed by atoms with Crippen molar-refractivity contribution in [2.75, 3.05) is 19.5 Å². The van der Waals surface area contributed by atoms with Crippen LogP contribution in [-0.2, 0) is 14.3 Å². The van der Waals surface area contributed by atoms with E-state index >= 15 is 0 Å². The molecule has 0 unspecified atom stereocenters. The minimum atomic E-state index is -3.35. The van der Waals surface area contributed by atoms with E-state index in [2.05, 4.69) is 4.18 Å². The van der Waals surface area contributed by atoms with E-state index in [4.69, 9.17) is 5.11 Å². The normalized spacial score (nSPS) is 10.4. The van der Waals surface area contributed by atoms with Crippen LogP contribution in [0.3, 0.4) is 0 Å². The average molecular weight is 164 g/mol. The van der Waals surface area contributed by atoms with Gasteiger partial charge in [0.15, 0.2) is 0 Å². The van der Waals surface area contributed by atoms with Crippen molar-refractivity contribution >= 4 is 39.7 Å². The van der Waals surface area contributed by atoms with Gasteiger partial charge in [-0.1, -0.05) is 0 Å². The molecule has 0 aromatic rings. The van der Waals surface area contributed by atoms with E-state index in [9.17, 15) is 8.42 Å². The Balaban J connectivity index is 0. The molecule has 0 heterocycles. The maximum absolute atomic E-state index is 10.1. The molecular formula is C3H9NaO4S. The van der Waals surface area contributed by atoms with Gasteiger partial charge < -0.3 is 5.11 Å². The molecule has 0 saturated heterocycles. The van der Waals surface area contributed by atoms with E-state index in [1.165, 1.54) is 0 Å². The zero-order valence-electron chi connectivity index (χ0n) is 4.49. The molecule has 1 N–H and O–H groups in total. The van der Waals surface area contributed by atoms with Crippen LogP contribution < -0.4 is 0 Å². The second-order valence-corrected chi connectivity index (χ2v) is 2.89. The third-order valence-corrected chi connectivity index (χ3v) is 0.984. The van der Waals surface area contributed by atoms with Crippen LogP contribution in [0, 0.1) is 0 Å². The van der Waals surface area contributed by atoms with Crippen LogP contribution in [-0.4, -0.2) is 62.6 Å². The van der Waals surface area contributed by atoms with Crippen molar-refractivity contribution in [3.8, 4) is 0 Å². The first kappa shape index (κ1) is 12.5. The minimum absolute atomic E-state index is 0. The van der Waals surface area contributed by atoms with Crippen LogP contribution >= 0.6 is 0 Å². The predicted octanol–water partition coefficient (Wildman–Crippen LogP) is -1.69. The molecule has 0 fully saturated rings. The van der Waals surface area contributed by atoms with Crippen LogP contribution in [0.15, 0.2) is 0 Å². The van der Waals surface area contributed by atoms with Crippen LogP contribution in [0.25, 0.3) is 0 Å². The third-order valence-electron chi connectivity index (χ3n) is 0.389. The van der Waals surface area contributed by atoms with Crippen LogP contribution in [0.4, 0.5) is 0 Å². The SMILES string of the molecule is CS(=O)(=O)OCCO.[NaH]. The average Bonchev–Trinajstić information content (AvgIpc) is 1.59. The summed E-state index contributed by atoms with van der Waals surface area (Å²) < 4.78 is 24.2. The Kier molecular flexibility index (Phi) is 7.86. The van der Waals surface area contributed by atoms with Crippen molar-refractivity contribution in [3.05, 3.63) is 0 Å². The molecular weight excluding hydrogens is 155 g/mol. The molecule has 0 saturated carbocycles. The molecule has 4 nitrogen and oxygen atoms in total. The number of hydrogen-bond acceptors (Lipinski definition) is 4. The van der Waals surface area contributed by atoms with Gasteiger partial charge in [-0.2, -0.15) is 8.42 Å². The van der Waals surface area contributed by atoms with Gasteiger partial charge in [0.2, 0.25) is 0 Å². The first-order valence-corrected chi connectivity index (χ1v) is 3.83. The number of rotatable bonds is 3. The Hall–Kier alpha value is 0.870. The van der Waals surface area contributed by atoms with Crippen molar-refractivity contribution in [1.82, 2.24) is 0 Å². The van der Waals surface area contributed by atoms with E-state index in [1.807, 2.05) is 0 Å². The standard InChI is InChI=1S/C3H8O4S.Na.H/c1-8(5,6)7-3-2-4;;/h4H,2-3H2,1H3;;. The van der Waals surface area contributed by atoms with Crippen LogP contribution in [0.2, 0.25) is 0 Å². The molecule has 9 heavy (non-hydrogen) atoms. The molecule has 0 aliphatic heterocycles. The van der Waals surface area contributed by atoms with Gasteiger partial charge >= 0.3 is 29.6 Å². The molecule has 0 rings (SSSR count). The maximum atomic E-state index is 10.1. The van der Waals surface area contributed by atoms with Gasteiger partial charge in [0, 0.05) is 0 Å². The number of aliphatic hydroxyl groups excluding tert-OH is 1. The Morgan fingerprint density at radius 2 is 2.00 bits per heavy atom. The van der Waals surface area contributed by atoms with Crippen molar-refractivity contribution in [3.63, 3.8) is 0 Å². The zero-order chi connectivity index (χ0) is 6.62. The quantitative estimate of drug-likeness (QED) is 0.399. The van der Waals surface area contributed by atoms with E-state index < -0.39 is 10.1 Å². The van der Waals surface area contributed by atoms with Gasteiger partial charge in [0.05, 0.1) is 19.5 Å². The van der Waals surface area contributed by atoms with E-state index in [1.54, 1.807) is 0 Å². The first-order valence-electron chi connectivity index (χ1n) is 2.01. The predicted molar refractivity (Wildman–Crippen MR) is 35.0 cm³/mol. The zero-order valence-corrected chi connectivity index (χ0v) is 5.31. The number of hydrogen-bond donors (Lipinski definition) is 1. The van der Waals surface area contributed by atoms with Gasteiger partial charge in [-0.25, -0.2) is 0 Å². The summed E-state index contributed by atoms with van der Waals surface area (Å²) in [6.07, 6.45) is 0.933. The molecule has 0 atom stereocenters. The van der Waals surface area contributed by atoms with Crippen LogP contribution in [0.1, 0.15) is 0 Å². The molecule has 0 radical (unpaired) electrons. The summed E-state index contributed by atoms with van der Waals surface area (Å²) in [5.74, 6) is 0. The summed E-state index contributed by atoms with van der Waals surface area (Å²) in [6, 6.07) is 0. The molecule has 0 aliphatic rings. The van der Waals surface area contributed by atoms with E-state index in [-0.39, 0.29) is 42.8 Å². The molecule has 52 valence electrons. The molecule has 0 aromatic carbocycles. The topological polar surface area (TPSA) is 63.6 Å². The Morgan fingerprint density at radius 1 is 1.56 bits per heavy atom. The third kappa shape index (κ3) is 12.1. The molecule has 0 spiro atoms. The molecule has 0 aromatic heterocycles. The molecule has 0 aliphatic carbocycles. The summed E-state index contributed by atoms with van der Waals surface area (Å²) in [5.41, 5.74) is 0. The van der Waals surface area contributed by atoms with Crippen molar-refractivity contribution in [2.24, 2.45) is 0 Å². The fourth-order valence-electron chi connectivity index (χ4n) is 0.189. The van der Waals surface area contributed by atoms with Crippen molar-refractivity contribution < 1.29 is 17.7 Å². The Morgan fingerprint density at radius 3 is 2.11 bits per heavy atom. The molecule has 0 amide bonds. The second-order valence-electron chi connectivity index (χ2n) is 1.25. The van der Waals surface area contributed by atoms with Gasteiger partial charge in [0.25, 0.3) is 10.1 Å². The summed E-state index contributed by atoms with van der Waals surface area (Å²) in [6.45, 7) is -0.425. The van der Waals surface area contributed by atoms with Gasteiger partial charge in [-0.3, -0.25) is 4.18 Å². The Bertz CT molecular complexity index is 140. The van der Waals surface area contributed by atoms with Crippen molar-refractivity contribution in [2.45, 2.75) is 0 Å². The van der Waals surface area contributed by atoms with Gasteiger partial charge in [-0.05, 0) is 0 Å². The van der Waals surface area contributed by atoms with Gasteiger partial charge in [0.1, 0.15) is 0 Å². The fourth-order valence-corrected chi connectivity index (χ4v) is 0.566. The van der Waals surface area contributed by atoms with Gasteiger partial charge in [-0.15, -0.1) is 0 Å². The first-order chi connectivity index (χ1) is 3.56. The molecule has 0 bridgehead atoms. The van der Waals surface area contributed by atoms with E-state index in [0.717, 1.165) is 6.26 Å². The summed E-state index contributed by atoms with van der Waals surface area (Å²) in [7, 11) is -3.35. The Labute approximate surface area is 76.6 Å². The number of aliphatic hydroxyl groups is 1. The van der Waals surface area contributed by atoms with E-state index in [0.29, 0.717) is 0 Å². The van der Waals surface area contributed by atoms with Crippen molar-refractivity contribution in [1.29, 1.82) is 0 Å². The summed E-state index contributed by atoms with van der Waals surface area (Å²) in [5, 5.41) is 8.04. The second kappa shape index (κ2) is 5.64. The fraction of sp³-hybridized carbons (Fsp3) is 1.00. The monoisotopic (exact) mass is 164 g/mol. The molecule has 6 heteroatoms. The summed E-state index contributed by atoms with van der Waals surface area (Å²) in [4.78, 5) is 0. The van der Waals surface area contributed by atoms with Crippen LogP contribution in [0.5, 0.6) is 0 Å².